The quantitative estimate of drug-likeness (QED) is 0.685. The maximum absolute atomic E-state index is 10.5. The molecule has 0 aliphatic rings. The fourth-order valence-electron chi connectivity index (χ4n) is 1.13. The molecule has 1 atom stereocenters. The summed E-state index contributed by atoms with van der Waals surface area (Å²) >= 11 is 0. The third kappa shape index (κ3) is 2.61. The number of carboxylic acid groups (broad SMARTS) is 1. The zero-order chi connectivity index (χ0) is 10.6. The number of hydrogen-bond acceptors (Lipinski definition) is 2. The number of rotatable bonds is 3. The van der Waals surface area contributed by atoms with Crippen molar-refractivity contribution in [2.24, 2.45) is 5.73 Å². The first-order valence-corrected chi connectivity index (χ1v) is 4.17. The zero-order valence-corrected chi connectivity index (χ0v) is 7.60. The number of terminal acetylenes is 1. The monoisotopic (exact) mass is 189 g/mol. The van der Waals surface area contributed by atoms with E-state index in [1.807, 2.05) is 6.07 Å². The van der Waals surface area contributed by atoms with E-state index in [0.717, 1.165) is 11.1 Å². The molecule has 0 radical (unpaired) electrons. The molecule has 0 amide bonds. The molecule has 3 heteroatoms. The van der Waals surface area contributed by atoms with Crippen molar-refractivity contribution < 1.29 is 9.90 Å². The Bertz CT molecular complexity index is 379. The molecule has 0 bridgehead atoms. The molecule has 3 N–H and O–H groups in total. The number of hydrogen-bond donors (Lipinski definition) is 2. The Morgan fingerprint density at radius 3 is 2.93 bits per heavy atom. The lowest BCUT2D eigenvalue weighted by Crippen LogP contribution is -2.32. The van der Waals surface area contributed by atoms with Gasteiger partial charge in [-0.05, 0) is 24.1 Å². The highest BCUT2D eigenvalue weighted by molar-refractivity contribution is 5.73. The Hall–Kier alpha value is -1.79. The molecule has 72 valence electrons. The van der Waals surface area contributed by atoms with Crippen LogP contribution in [0.15, 0.2) is 24.3 Å². The van der Waals surface area contributed by atoms with Gasteiger partial charge in [0.15, 0.2) is 0 Å². The van der Waals surface area contributed by atoms with Crippen LogP contribution in [0.25, 0.3) is 0 Å². The lowest BCUT2D eigenvalue weighted by Gasteiger charge is -2.06. The number of carbonyl (C=O) groups is 1. The molecule has 0 aromatic heterocycles. The summed E-state index contributed by atoms with van der Waals surface area (Å²) in [5.74, 6) is 1.48. The molecule has 0 heterocycles. The van der Waals surface area contributed by atoms with Crippen LogP contribution in [0.2, 0.25) is 0 Å². The second-order valence-corrected chi connectivity index (χ2v) is 2.99. The lowest BCUT2D eigenvalue weighted by molar-refractivity contribution is -0.138. The molecule has 0 aliphatic heterocycles. The Morgan fingerprint density at radius 1 is 1.64 bits per heavy atom. The second kappa shape index (κ2) is 4.45. The van der Waals surface area contributed by atoms with Crippen molar-refractivity contribution in [1.29, 1.82) is 0 Å². The fourth-order valence-corrected chi connectivity index (χ4v) is 1.13. The van der Waals surface area contributed by atoms with Crippen molar-refractivity contribution in [3.05, 3.63) is 35.4 Å². The molecular weight excluding hydrogens is 178 g/mol. The fraction of sp³-hybridized carbons (Fsp3) is 0.182. The Labute approximate surface area is 82.6 Å². The van der Waals surface area contributed by atoms with Crippen molar-refractivity contribution in [2.45, 2.75) is 12.5 Å². The summed E-state index contributed by atoms with van der Waals surface area (Å²) < 4.78 is 0. The van der Waals surface area contributed by atoms with E-state index in [2.05, 4.69) is 5.92 Å². The molecule has 0 unspecified atom stereocenters. The van der Waals surface area contributed by atoms with Crippen LogP contribution in [0.1, 0.15) is 11.1 Å². The highest BCUT2D eigenvalue weighted by atomic mass is 16.4. The van der Waals surface area contributed by atoms with Gasteiger partial charge in [-0.2, -0.15) is 0 Å². The minimum Gasteiger partial charge on any atom is -0.480 e. The van der Waals surface area contributed by atoms with E-state index in [4.69, 9.17) is 17.3 Å². The smallest absolute Gasteiger partial charge is 0.320 e. The third-order valence-corrected chi connectivity index (χ3v) is 1.87. The van der Waals surface area contributed by atoms with Crippen molar-refractivity contribution in [1.82, 2.24) is 0 Å². The minimum absolute atomic E-state index is 0.296. The molecule has 0 fully saturated rings. The Balaban J connectivity index is 2.78. The molecule has 0 spiro atoms. The van der Waals surface area contributed by atoms with Crippen molar-refractivity contribution in [3.8, 4) is 12.3 Å². The van der Waals surface area contributed by atoms with Crippen LogP contribution in [-0.2, 0) is 11.2 Å². The van der Waals surface area contributed by atoms with Gasteiger partial charge in [-0.15, -0.1) is 6.42 Å². The second-order valence-electron chi connectivity index (χ2n) is 2.99. The molecular formula is C11H11NO2. The van der Waals surface area contributed by atoms with Crippen LogP contribution in [0.4, 0.5) is 0 Å². The predicted octanol–water partition coefficient (Wildman–Crippen LogP) is 0.622. The number of carboxylic acids is 1. The van der Waals surface area contributed by atoms with Gasteiger partial charge in [0.1, 0.15) is 6.04 Å². The van der Waals surface area contributed by atoms with Crippen LogP contribution in [0, 0.1) is 12.3 Å². The van der Waals surface area contributed by atoms with Gasteiger partial charge in [0.2, 0.25) is 0 Å². The van der Waals surface area contributed by atoms with Gasteiger partial charge in [-0.3, -0.25) is 4.79 Å². The van der Waals surface area contributed by atoms with Crippen molar-refractivity contribution >= 4 is 5.97 Å². The van der Waals surface area contributed by atoms with Gasteiger partial charge in [-0.25, -0.2) is 0 Å². The van der Waals surface area contributed by atoms with E-state index < -0.39 is 12.0 Å². The van der Waals surface area contributed by atoms with Crippen molar-refractivity contribution in [2.75, 3.05) is 0 Å². The van der Waals surface area contributed by atoms with E-state index in [9.17, 15) is 4.79 Å². The van der Waals surface area contributed by atoms with Crippen LogP contribution in [0.3, 0.4) is 0 Å². The van der Waals surface area contributed by atoms with Gasteiger partial charge in [-0.1, -0.05) is 18.1 Å². The topological polar surface area (TPSA) is 63.3 Å². The normalized spacial score (nSPS) is 11.7. The average Bonchev–Trinajstić information content (AvgIpc) is 2.18. The molecule has 0 aliphatic carbocycles. The van der Waals surface area contributed by atoms with Crippen LogP contribution in [-0.4, -0.2) is 17.1 Å². The standard InChI is InChI=1S/C11H11NO2/c1-2-8-4-3-5-9(6-8)7-10(12)11(13)14/h1,3-6,10H,7,12H2,(H,13,14)/t10-/m1/s1. The minimum atomic E-state index is -1.00. The maximum atomic E-state index is 10.5. The van der Waals surface area contributed by atoms with E-state index in [0.29, 0.717) is 6.42 Å². The van der Waals surface area contributed by atoms with Crippen LogP contribution < -0.4 is 5.73 Å². The first-order valence-electron chi connectivity index (χ1n) is 4.17. The SMILES string of the molecule is C#Cc1cccc(C[C@@H](N)C(=O)O)c1. The molecule has 3 nitrogen and oxygen atoms in total. The molecule has 1 aromatic rings. The summed E-state index contributed by atoms with van der Waals surface area (Å²) in [6.45, 7) is 0. The summed E-state index contributed by atoms with van der Waals surface area (Å²) in [7, 11) is 0. The summed E-state index contributed by atoms with van der Waals surface area (Å²) in [5.41, 5.74) is 6.97. The zero-order valence-electron chi connectivity index (χ0n) is 7.60. The van der Waals surface area contributed by atoms with Gasteiger partial charge in [0.05, 0.1) is 0 Å². The lowest BCUT2D eigenvalue weighted by atomic mass is 10.0. The third-order valence-electron chi connectivity index (χ3n) is 1.87. The van der Waals surface area contributed by atoms with Gasteiger partial charge >= 0.3 is 5.97 Å². The van der Waals surface area contributed by atoms with Gasteiger partial charge < -0.3 is 10.8 Å². The van der Waals surface area contributed by atoms with Crippen LogP contribution in [0.5, 0.6) is 0 Å². The summed E-state index contributed by atoms with van der Waals surface area (Å²) in [6.07, 6.45) is 5.51. The number of aliphatic carboxylic acids is 1. The molecule has 1 aromatic carbocycles. The Kier molecular flexibility index (Phi) is 3.27. The van der Waals surface area contributed by atoms with Crippen LogP contribution >= 0.6 is 0 Å². The van der Waals surface area contributed by atoms with E-state index >= 15 is 0 Å². The van der Waals surface area contributed by atoms with E-state index in [1.54, 1.807) is 18.2 Å². The highest BCUT2D eigenvalue weighted by Gasteiger charge is 2.11. The Morgan fingerprint density at radius 2 is 2.36 bits per heavy atom. The highest BCUT2D eigenvalue weighted by Crippen LogP contribution is 2.06. The largest absolute Gasteiger partial charge is 0.480 e. The number of benzene rings is 1. The van der Waals surface area contributed by atoms with Gasteiger partial charge in [0.25, 0.3) is 0 Å². The predicted molar refractivity (Wildman–Crippen MR) is 53.7 cm³/mol. The van der Waals surface area contributed by atoms with Gasteiger partial charge in [0, 0.05) is 5.56 Å². The summed E-state index contributed by atoms with van der Waals surface area (Å²) in [6, 6.07) is 6.28. The first kappa shape index (κ1) is 10.3. The average molecular weight is 189 g/mol. The summed E-state index contributed by atoms with van der Waals surface area (Å²) in [4.78, 5) is 10.5. The first-order chi connectivity index (χ1) is 6.63. The van der Waals surface area contributed by atoms with Crippen molar-refractivity contribution in [3.63, 3.8) is 0 Å². The molecule has 0 saturated heterocycles. The van der Waals surface area contributed by atoms with E-state index in [-0.39, 0.29) is 0 Å². The molecule has 0 saturated carbocycles. The van der Waals surface area contributed by atoms with E-state index in [1.165, 1.54) is 0 Å². The maximum Gasteiger partial charge on any atom is 0.320 e. The summed E-state index contributed by atoms with van der Waals surface area (Å²) in [5, 5.41) is 8.60. The molecule has 14 heavy (non-hydrogen) atoms. The molecule has 1 rings (SSSR count). The number of nitrogens with two attached hydrogens (primary N) is 1.